The van der Waals surface area contributed by atoms with Gasteiger partial charge in [-0.1, -0.05) is 0 Å². The molecular formula is C21H23N3O5. The van der Waals surface area contributed by atoms with E-state index < -0.39 is 22.9 Å². The fraction of sp³-hybridized carbons (Fsp3) is 0.333. The molecule has 1 fully saturated rings. The predicted octanol–water partition coefficient (Wildman–Crippen LogP) is 3.77. The summed E-state index contributed by atoms with van der Waals surface area (Å²) in [6, 6.07) is 12.6. The largest absolute Gasteiger partial charge is 0.449 e. The van der Waals surface area contributed by atoms with E-state index in [1.54, 1.807) is 0 Å². The van der Waals surface area contributed by atoms with E-state index in [9.17, 15) is 19.7 Å². The highest BCUT2D eigenvalue weighted by Crippen LogP contribution is 2.22. The number of amides is 1. The van der Waals surface area contributed by atoms with Crippen LogP contribution >= 0.6 is 0 Å². The molecule has 8 nitrogen and oxygen atoms in total. The normalized spacial score (nSPS) is 14.7. The fourth-order valence-electron chi connectivity index (χ4n) is 3.15. The molecular weight excluding hydrogens is 374 g/mol. The third-order valence-corrected chi connectivity index (χ3v) is 4.82. The van der Waals surface area contributed by atoms with Gasteiger partial charge in [-0.15, -0.1) is 0 Å². The molecule has 1 heterocycles. The molecule has 1 atom stereocenters. The van der Waals surface area contributed by atoms with Gasteiger partial charge in [0.2, 0.25) is 0 Å². The van der Waals surface area contributed by atoms with Gasteiger partial charge in [-0.3, -0.25) is 14.9 Å². The van der Waals surface area contributed by atoms with Crippen molar-refractivity contribution in [3.8, 4) is 0 Å². The zero-order valence-electron chi connectivity index (χ0n) is 16.2. The van der Waals surface area contributed by atoms with Crippen LogP contribution in [0.1, 0.15) is 36.5 Å². The standard InChI is InChI=1S/C21H23N3O5/c1-15(29-21(26)16-5-9-19(10-6-16)24(27)28)20(25)22-17-7-11-18(12-8-17)23-13-3-2-4-14-23/h5-12,15H,2-4,13-14H2,1H3,(H,22,25)/t15-/m1/s1. The Morgan fingerprint density at radius 1 is 1.03 bits per heavy atom. The molecule has 2 aromatic rings. The van der Waals surface area contributed by atoms with E-state index in [4.69, 9.17) is 4.74 Å². The van der Waals surface area contributed by atoms with Gasteiger partial charge in [0, 0.05) is 36.6 Å². The first-order valence-corrected chi connectivity index (χ1v) is 9.55. The van der Waals surface area contributed by atoms with E-state index in [-0.39, 0.29) is 11.3 Å². The molecule has 0 aromatic heterocycles. The highest BCUT2D eigenvalue weighted by atomic mass is 16.6. The summed E-state index contributed by atoms with van der Waals surface area (Å²) in [4.78, 5) is 36.9. The number of rotatable bonds is 6. The summed E-state index contributed by atoms with van der Waals surface area (Å²) in [5, 5.41) is 13.4. The maximum atomic E-state index is 12.3. The molecule has 0 aliphatic carbocycles. The number of ether oxygens (including phenoxy) is 1. The summed E-state index contributed by atoms with van der Waals surface area (Å²) in [5.74, 6) is -1.17. The lowest BCUT2D eigenvalue weighted by molar-refractivity contribution is -0.384. The van der Waals surface area contributed by atoms with Crippen LogP contribution in [0.2, 0.25) is 0 Å². The summed E-state index contributed by atoms with van der Waals surface area (Å²) in [6.45, 7) is 3.56. The number of anilines is 2. The minimum absolute atomic E-state index is 0.125. The molecule has 1 N–H and O–H groups in total. The second-order valence-electron chi connectivity index (χ2n) is 6.94. The molecule has 0 radical (unpaired) electrons. The molecule has 2 aromatic carbocycles. The number of carbonyl (C=O) groups excluding carboxylic acids is 2. The quantitative estimate of drug-likeness (QED) is 0.452. The molecule has 3 rings (SSSR count). The molecule has 1 aliphatic heterocycles. The Labute approximate surface area is 168 Å². The third-order valence-electron chi connectivity index (χ3n) is 4.82. The Kier molecular flexibility index (Phi) is 6.43. The number of nitro groups is 1. The van der Waals surface area contributed by atoms with E-state index in [1.165, 1.54) is 50.5 Å². The lowest BCUT2D eigenvalue weighted by atomic mass is 10.1. The first-order chi connectivity index (χ1) is 13.9. The zero-order valence-corrected chi connectivity index (χ0v) is 16.2. The van der Waals surface area contributed by atoms with Crippen molar-refractivity contribution in [1.82, 2.24) is 0 Å². The van der Waals surface area contributed by atoms with Crippen molar-refractivity contribution in [2.45, 2.75) is 32.3 Å². The summed E-state index contributed by atoms with van der Waals surface area (Å²) in [7, 11) is 0. The maximum absolute atomic E-state index is 12.3. The Hall–Kier alpha value is -3.42. The number of carbonyl (C=O) groups is 2. The summed E-state index contributed by atoms with van der Waals surface area (Å²) in [5.41, 5.74) is 1.76. The van der Waals surface area contributed by atoms with Crippen LogP contribution in [0.3, 0.4) is 0 Å². The van der Waals surface area contributed by atoms with Crippen molar-refractivity contribution >= 4 is 28.9 Å². The lowest BCUT2D eigenvalue weighted by Gasteiger charge is -2.28. The van der Waals surface area contributed by atoms with E-state index in [0.717, 1.165) is 18.8 Å². The Balaban J connectivity index is 1.54. The molecule has 1 amide bonds. The van der Waals surface area contributed by atoms with Crippen LogP contribution in [-0.4, -0.2) is 36.0 Å². The molecule has 152 valence electrons. The molecule has 1 saturated heterocycles. The Bertz CT molecular complexity index is 874. The van der Waals surface area contributed by atoms with Crippen molar-refractivity contribution in [2.24, 2.45) is 0 Å². The average Bonchev–Trinajstić information content (AvgIpc) is 2.74. The molecule has 0 bridgehead atoms. The zero-order chi connectivity index (χ0) is 20.8. The average molecular weight is 397 g/mol. The topological polar surface area (TPSA) is 102 Å². The van der Waals surface area contributed by atoms with Crippen LogP contribution in [-0.2, 0) is 9.53 Å². The SMILES string of the molecule is C[C@@H](OC(=O)c1ccc([N+](=O)[O-])cc1)C(=O)Nc1ccc(N2CCCCC2)cc1. The van der Waals surface area contributed by atoms with Gasteiger partial charge in [0.05, 0.1) is 10.5 Å². The van der Waals surface area contributed by atoms with Crippen molar-refractivity contribution in [2.75, 3.05) is 23.3 Å². The van der Waals surface area contributed by atoms with E-state index in [0.29, 0.717) is 5.69 Å². The van der Waals surface area contributed by atoms with Crippen molar-refractivity contribution in [3.63, 3.8) is 0 Å². The number of hydrogen-bond donors (Lipinski definition) is 1. The number of non-ortho nitro benzene ring substituents is 1. The van der Waals surface area contributed by atoms with Gasteiger partial charge < -0.3 is 15.0 Å². The first-order valence-electron chi connectivity index (χ1n) is 9.55. The molecule has 1 aliphatic rings. The predicted molar refractivity (Wildman–Crippen MR) is 109 cm³/mol. The third kappa shape index (κ3) is 5.31. The van der Waals surface area contributed by atoms with Crippen molar-refractivity contribution in [3.05, 3.63) is 64.2 Å². The van der Waals surface area contributed by atoms with Gasteiger partial charge in [-0.2, -0.15) is 0 Å². The van der Waals surface area contributed by atoms with Gasteiger partial charge in [-0.05, 0) is 62.6 Å². The van der Waals surface area contributed by atoms with Crippen LogP contribution in [0.4, 0.5) is 17.1 Å². The number of esters is 1. The number of piperidine rings is 1. The van der Waals surface area contributed by atoms with E-state index in [2.05, 4.69) is 10.2 Å². The minimum Gasteiger partial charge on any atom is -0.449 e. The fourth-order valence-corrected chi connectivity index (χ4v) is 3.15. The van der Waals surface area contributed by atoms with Gasteiger partial charge in [-0.25, -0.2) is 4.79 Å². The Morgan fingerprint density at radius 2 is 1.66 bits per heavy atom. The minimum atomic E-state index is -1.01. The van der Waals surface area contributed by atoms with Gasteiger partial charge in [0.25, 0.3) is 11.6 Å². The highest BCUT2D eigenvalue weighted by molar-refractivity contribution is 5.97. The van der Waals surface area contributed by atoms with Crippen LogP contribution in [0, 0.1) is 10.1 Å². The van der Waals surface area contributed by atoms with E-state index >= 15 is 0 Å². The van der Waals surface area contributed by atoms with Gasteiger partial charge in [0.15, 0.2) is 6.10 Å². The van der Waals surface area contributed by atoms with Crippen molar-refractivity contribution < 1.29 is 19.2 Å². The number of nitrogens with zero attached hydrogens (tertiary/aromatic N) is 2. The first kappa shape index (κ1) is 20.3. The van der Waals surface area contributed by atoms with Crippen LogP contribution in [0.25, 0.3) is 0 Å². The van der Waals surface area contributed by atoms with Crippen molar-refractivity contribution in [1.29, 1.82) is 0 Å². The molecule has 0 spiro atoms. The molecule has 8 heteroatoms. The molecule has 0 unspecified atom stereocenters. The monoisotopic (exact) mass is 397 g/mol. The van der Waals surface area contributed by atoms with Crippen LogP contribution < -0.4 is 10.2 Å². The van der Waals surface area contributed by atoms with Crippen LogP contribution in [0.5, 0.6) is 0 Å². The number of benzene rings is 2. The number of nitro benzene ring substituents is 1. The second-order valence-corrected chi connectivity index (χ2v) is 6.94. The molecule has 29 heavy (non-hydrogen) atoms. The highest BCUT2D eigenvalue weighted by Gasteiger charge is 2.20. The van der Waals surface area contributed by atoms with E-state index in [1.807, 2.05) is 24.3 Å². The summed E-state index contributed by atoms with van der Waals surface area (Å²) in [6.07, 6.45) is 2.63. The summed E-state index contributed by atoms with van der Waals surface area (Å²) < 4.78 is 5.16. The van der Waals surface area contributed by atoms with Gasteiger partial charge >= 0.3 is 5.97 Å². The second kappa shape index (κ2) is 9.18. The van der Waals surface area contributed by atoms with Gasteiger partial charge in [0.1, 0.15) is 0 Å². The lowest BCUT2D eigenvalue weighted by Crippen LogP contribution is -2.30. The summed E-state index contributed by atoms with van der Waals surface area (Å²) >= 11 is 0. The smallest absolute Gasteiger partial charge is 0.338 e. The number of nitrogens with one attached hydrogen (secondary N) is 1. The number of hydrogen-bond acceptors (Lipinski definition) is 6. The molecule has 0 saturated carbocycles. The maximum Gasteiger partial charge on any atom is 0.338 e. The Morgan fingerprint density at radius 3 is 2.24 bits per heavy atom. The van der Waals surface area contributed by atoms with Crippen LogP contribution in [0.15, 0.2) is 48.5 Å².